The van der Waals surface area contributed by atoms with E-state index in [9.17, 15) is 5.11 Å². The number of hydrogen-bond acceptors (Lipinski definition) is 1. The highest BCUT2D eigenvalue weighted by Gasteiger charge is 2.47. The van der Waals surface area contributed by atoms with E-state index in [-0.39, 0.29) is 6.10 Å². The SMILES string of the molecule is OC1C2C=CC3C=CC1C3C2. The summed E-state index contributed by atoms with van der Waals surface area (Å²) in [4.78, 5) is 0. The molecule has 0 amide bonds. The molecular formula is C10H12O. The molecule has 1 heteroatoms. The van der Waals surface area contributed by atoms with Gasteiger partial charge in [-0.2, -0.15) is 0 Å². The third-order valence-corrected chi connectivity index (χ3v) is 3.50. The standard InChI is InChI=1S/C10H12O/c11-10-7-2-1-6-3-4-8(10)9(6)5-7/h1-4,6-11H,5H2. The minimum absolute atomic E-state index is 0.0833. The summed E-state index contributed by atoms with van der Waals surface area (Å²) < 4.78 is 0. The molecule has 58 valence electrons. The summed E-state index contributed by atoms with van der Waals surface area (Å²) in [6.45, 7) is 0. The van der Waals surface area contributed by atoms with Crippen molar-refractivity contribution in [1.29, 1.82) is 0 Å². The van der Waals surface area contributed by atoms with Gasteiger partial charge >= 0.3 is 0 Å². The van der Waals surface area contributed by atoms with E-state index in [1.165, 1.54) is 6.42 Å². The molecule has 11 heavy (non-hydrogen) atoms. The minimum atomic E-state index is -0.0833. The van der Waals surface area contributed by atoms with Gasteiger partial charge in [-0.3, -0.25) is 0 Å². The van der Waals surface area contributed by atoms with Crippen LogP contribution in [0.5, 0.6) is 0 Å². The molecule has 3 rings (SSSR count). The molecule has 2 bridgehead atoms. The maximum absolute atomic E-state index is 9.78. The molecule has 0 saturated heterocycles. The topological polar surface area (TPSA) is 20.2 Å². The van der Waals surface area contributed by atoms with Gasteiger partial charge in [-0.15, -0.1) is 0 Å². The molecule has 5 unspecified atom stereocenters. The fourth-order valence-corrected chi connectivity index (χ4v) is 2.89. The maximum atomic E-state index is 9.78. The Bertz CT molecular complexity index is 241. The van der Waals surface area contributed by atoms with Crippen molar-refractivity contribution in [3.8, 4) is 0 Å². The van der Waals surface area contributed by atoms with Crippen molar-refractivity contribution in [1.82, 2.24) is 0 Å². The Balaban J connectivity index is 2.10. The number of allylic oxidation sites excluding steroid dienone is 2. The summed E-state index contributed by atoms with van der Waals surface area (Å²) in [5.41, 5.74) is 0. The Morgan fingerprint density at radius 1 is 1.09 bits per heavy atom. The number of aliphatic hydroxyl groups excluding tert-OH is 1. The van der Waals surface area contributed by atoms with E-state index in [0.29, 0.717) is 17.8 Å². The van der Waals surface area contributed by atoms with Crippen LogP contribution in [-0.2, 0) is 0 Å². The molecule has 0 aromatic carbocycles. The lowest BCUT2D eigenvalue weighted by Gasteiger charge is -2.17. The van der Waals surface area contributed by atoms with Crippen LogP contribution in [0.25, 0.3) is 0 Å². The van der Waals surface area contributed by atoms with E-state index in [2.05, 4.69) is 24.3 Å². The van der Waals surface area contributed by atoms with Gasteiger partial charge in [0.05, 0.1) is 6.10 Å². The number of hydrogen-bond donors (Lipinski definition) is 1. The average molecular weight is 148 g/mol. The van der Waals surface area contributed by atoms with E-state index < -0.39 is 0 Å². The van der Waals surface area contributed by atoms with Gasteiger partial charge < -0.3 is 5.11 Å². The summed E-state index contributed by atoms with van der Waals surface area (Å²) in [5.74, 6) is 2.32. The molecule has 0 aliphatic heterocycles. The molecule has 1 fully saturated rings. The van der Waals surface area contributed by atoms with Crippen molar-refractivity contribution < 1.29 is 5.11 Å². The van der Waals surface area contributed by atoms with Crippen molar-refractivity contribution in [3.63, 3.8) is 0 Å². The maximum Gasteiger partial charge on any atom is 0.0668 e. The predicted octanol–water partition coefficient (Wildman–Crippen LogP) is 1.36. The monoisotopic (exact) mass is 148 g/mol. The van der Waals surface area contributed by atoms with Crippen molar-refractivity contribution in [2.75, 3.05) is 0 Å². The molecule has 0 aromatic heterocycles. The normalized spacial score (nSPS) is 57.4. The van der Waals surface area contributed by atoms with E-state index in [1.54, 1.807) is 0 Å². The lowest BCUT2D eigenvalue weighted by molar-refractivity contribution is 0.122. The lowest BCUT2D eigenvalue weighted by atomic mass is 9.87. The quantitative estimate of drug-likeness (QED) is 0.514. The summed E-state index contributed by atoms with van der Waals surface area (Å²) in [6, 6.07) is 0. The first-order chi connectivity index (χ1) is 5.36. The zero-order chi connectivity index (χ0) is 7.42. The van der Waals surface area contributed by atoms with Crippen molar-refractivity contribution in [2.45, 2.75) is 12.5 Å². The highest BCUT2D eigenvalue weighted by atomic mass is 16.3. The van der Waals surface area contributed by atoms with Crippen LogP contribution in [0.15, 0.2) is 24.3 Å². The van der Waals surface area contributed by atoms with Gasteiger partial charge in [-0.05, 0) is 18.3 Å². The Hall–Kier alpha value is -0.560. The third-order valence-electron chi connectivity index (χ3n) is 3.50. The summed E-state index contributed by atoms with van der Waals surface area (Å²) >= 11 is 0. The van der Waals surface area contributed by atoms with Gasteiger partial charge in [-0.1, -0.05) is 24.3 Å². The second-order valence-electron chi connectivity index (χ2n) is 3.98. The van der Waals surface area contributed by atoms with Gasteiger partial charge in [0.2, 0.25) is 0 Å². The Labute approximate surface area is 66.4 Å². The fourth-order valence-electron chi connectivity index (χ4n) is 2.89. The molecule has 0 radical (unpaired) electrons. The Morgan fingerprint density at radius 3 is 2.82 bits per heavy atom. The highest BCUT2D eigenvalue weighted by Crippen LogP contribution is 2.50. The molecule has 1 saturated carbocycles. The van der Waals surface area contributed by atoms with Crippen LogP contribution in [0.4, 0.5) is 0 Å². The van der Waals surface area contributed by atoms with Crippen LogP contribution in [0.3, 0.4) is 0 Å². The van der Waals surface area contributed by atoms with E-state index in [4.69, 9.17) is 0 Å². The Morgan fingerprint density at radius 2 is 1.91 bits per heavy atom. The lowest BCUT2D eigenvalue weighted by Crippen LogP contribution is -2.17. The van der Waals surface area contributed by atoms with Gasteiger partial charge in [-0.25, -0.2) is 0 Å². The smallest absolute Gasteiger partial charge is 0.0668 e. The number of rotatable bonds is 0. The fraction of sp³-hybridized carbons (Fsp3) is 0.600. The van der Waals surface area contributed by atoms with E-state index >= 15 is 0 Å². The van der Waals surface area contributed by atoms with Crippen LogP contribution >= 0.6 is 0 Å². The van der Waals surface area contributed by atoms with Crippen LogP contribution in [0, 0.1) is 23.7 Å². The second-order valence-corrected chi connectivity index (χ2v) is 3.98. The largest absolute Gasteiger partial charge is 0.392 e. The molecule has 0 spiro atoms. The van der Waals surface area contributed by atoms with Gasteiger partial charge in [0, 0.05) is 11.8 Å². The molecule has 1 N–H and O–H groups in total. The van der Waals surface area contributed by atoms with Crippen LogP contribution in [0.1, 0.15) is 6.42 Å². The first-order valence-electron chi connectivity index (χ1n) is 4.41. The molecule has 0 aromatic rings. The molecule has 3 aliphatic rings. The molecule has 5 atom stereocenters. The van der Waals surface area contributed by atoms with Gasteiger partial charge in [0.15, 0.2) is 0 Å². The number of aliphatic hydroxyl groups is 1. The average Bonchev–Trinajstić information content (AvgIpc) is 2.51. The Kier molecular flexibility index (Phi) is 0.972. The predicted molar refractivity (Wildman–Crippen MR) is 42.9 cm³/mol. The van der Waals surface area contributed by atoms with Crippen molar-refractivity contribution >= 4 is 0 Å². The molecule has 3 aliphatic carbocycles. The first kappa shape index (κ1) is 6.01. The second kappa shape index (κ2) is 1.78. The van der Waals surface area contributed by atoms with Crippen molar-refractivity contribution in [2.24, 2.45) is 23.7 Å². The zero-order valence-electron chi connectivity index (χ0n) is 6.35. The van der Waals surface area contributed by atoms with E-state index in [1.807, 2.05) is 0 Å². The van der Waals surface area contributed by atoms with Gasteiger partial charge in [0.1, 0.15) is 0 Å². The molecule has 1 nitrogen and oxygen atoms in total. The summed E-state index contributed by atoms with van der Waals surface area (Å²) in [7, 11) is 0. The van der Waals surface area contributed by atoms with Crippen LogP contribution < -0.4 is 0 Å². The van der Waals surface area contributed by atoms with Crippen molar-refractivity contribution in [3.05, 3.63) is 24.3 Å². The third kappa shape index (κ3) is 0.603. The van der Waals surface area contributed by atoms with E-state index in [0.717, 1.165) is 5.92 Å². The minimum Gasteiger partial charge on any atom is -0.392 e. The number of fused-ring (bicyclic) bond motifs is 1. The summed E-state index contributed by atoms with van der Waals surface area (Å²) in [6.07, 6.45) is 10.1. The zero-order valence-corrected chi connectivity index (χ0v) is 6.35. The van der Waals surface area contributed by atoms with Crippen LogP contribution in [0.2, 0.25) is 0 Å². The molecule has 0 heterocycles. The molecular weight excluding hydrogens is 136 g/mol. The highest BCUT2D eigenvalue weighted by molar-refractivity contribution is 5.24. The first-order valence-corrected chi connectivity index (χ1v) is 4.41. The van der Waals surface area contributed by atoms with Crippen LogP contribution in [-0.4, -0.2) is 11.2 Å². The summed E-state index contributed by atoms with van der Waals surface area (Å²) in [5, 5.41) is 9.78. The van der Waals surface area contributed by atoms with Gasteiger partial charge in [0.25, 0.3) is 0 Å².